The van der Waals surface area contributed by atoms with Gasteiger partial charge in [0.25, 0.3) is 5.91 Å². The number of aromatic nitrogens is 4. The maximum absolute atomic E-state index is 13.0. The van der Waals surface area contributed by atoms with Crippen LogP contribution in [0.2, 0.25) is 5.02 Å². The molecule has 0 saturated heterocycles. The SMILES string of the molecule is Cc1cc(C(=O)NCCn2ccc3ccc(Cl)cc32)c2cnn(C3CCCC3)c2n1. The summed E-state index contributed by atoms with van der Waals surface area (Å²) in [5.74, 6) is -0.0917. The summed E-state index contributed by atoms with van der Waals surface area (Å²) in [4.78, 5) is 17.7. The summed E-state index contributed by atoms with van der Waals surface area (Å²) in [6, 6.07) is 10.1. The Kier molecular flexibility index (Phi) is 4.95. The molecule has 0 aliphatic heterocycles. The van der Waals surface area contributed by atoms with Crippen LogP contribution < -0.4 is 5.32 Å². The summed E-state index contributed by atoms with van der Waals surface area (Å²) >= 11 is 6.13. The number of aryl methyl sites for hydroxylation is 1. The third kappa shape index (κ3) is 3.45. The van der Waals surface area contributed by atoms with Gasteiger partial charge in [-0.2, -0.15) is 5.10 Å². The molecule has 4 aromatic rings. The van der Waals surface area contributed by atoms with Crippen molar-refractivity contribution in [2.24, 2.45) is 0 Å². The van der Waals surface area contributed by atoms with E-state index in [9.17, 15) is 4.79 Å². The monoisotopic (exact) mass is 421 g/mol. The second kappa shape index (κ2) is 7.76. The molecule has 7 heteroatoms. The van der Waals surface area contributed by atoms with Crippen molar-refractivity contribution in [1.82, 2.24) is 24.6 Å². The van der Waals surface area contributed by atoms with Crippen molar-refractivity contribution in [2.45, 2.75) is 45.2 Å². The zero-order valence-corrected chi connectivity index (χ0v) is 17.7. The van der Waals surface area contributed by atoms with Crippen LogP contribution in [0.15, 0.2) is 42.7 Å². The van der Waals surface area contributed by atoms with Crippen LogP contribution in [0.5, 0.6) is 0 Å². The molecule has 1 N–H and O–H groups in total. The number of pyridine rings is 1. The molecule has 0 unspecified atom stereocenters. The fourth-order valence-electron chi connectivity index (χ4n) is 4.48. The third-order valence-electron chi connectivity index (χ3n) is 5.98. The van der Waals surface area contributed by atoms with Gasteiger partial charge in [-0.25, -0.2) is 9.67 Å². The first-order valence-electron chi connectivity index (χ1n) is 10.5. The molecule has 1 aromatic carbocycles. The van der Waals surface area contributed by atoms with Crippen LogP contribution in [0.4, 0.5) is 0 Å². The van der Waals surface area contributed by atoms with E-state index in [0.29, 0.717) is 29.7 Å². The van der Waals surface area contributed by atoms with Crippen molar-refractivity contribution in [2.75, 3.05) is 6.54 Å². The fourth-order valence-corrected chi connectivity index (χ4v) is 4.65. The van der Waals surface area contributed by atoms with Gasteiger partial charge in [-0.3, -0.25) is 4.79 Å². The minimum atomic E-state index is -0.0917. The normalized spacial score (nSPS) is 14.7. The van der Waals surface area contributed by atoms with Gasteiger partial charge in [0.05, 0.1) is 23.2 Å². The Morgan fingerprint density at radius 1 is 1.23 bits per heavy atom. The first-order valence-corrected chi connectivity index (χ1v) is 10.9. The van der Waals surface area contributed by atoms with Crippen LogP contribution in [-0.4, -0.2) is 31.8 Å². The number of hydrogen-bond acceptors (Lipinski definition) is 3. The fraction of sp³-hybridized carbons (Fsp3) is 0.348. The summed E-state index contributed by atoms with van der Waals surface area (Å²) in [6.45, 7) is 3.12. The molecule has 1 aliphatic carbocycles. The molecule has 1 amide bonds. The van der Waals surface area contributed by atoms with Crippen LogP contribution in [-0.2, 0) is 6.54 Å². The van der Waals surface area contributed by atoms with E-state index in [4.69, 9.17) is 16.6 Å². The highest BCUT2D eigenvalue weighted by atomic mass is 35.5. The number of halogens is 1. The van der Waals surface area contributed by atoms with E-state index in [0.717, 1.165) is 40.5 Å². The van der Waals surface area contributed by atoms with Gasteiger partial charge in [0.1, 0.15) is 0 Å². The predicted molar refractivity (Wildman–Crippen MR) is 119 cm³/mol. The first-order chi connectivity index (χ1) is 14.6. The van der Waals surface area contributed by atoms with Crippen molar-refractivity contribution in [3.63, 3.8) is 0 Å². The molecule has 5 rings (SSSR count). The molecule has 30 heavy (non-hydrogen) atoms. The summed E-state index contributed by atoms with van der Waals surface area (Å²) in [7, 11) is 0. The molecular formula is C23H24ClN5O. The average Bonchev–Trinajstić information content (AvgIpc) is 3.46. The lowest BCUT2D eigenvalue weighted by atomic mass is 10.1. The Morgan fingerprint density at radius 3 is 2.90 bits per heavy atom. The zero-order valence-electron chi connectivity index (χ0n) is 16.9. The van der Waals surface area contributed by atoms with E-state index in [1.54, 1.807) is 6.20 Å². The quantitative estimate of drug-likeness (QED) is 0.498. The summed E-state index contributed by atoms with van der Waals surface area (Å²) < 4.78 is 4.12. The number of hydrogen-bond donors (Lipinski definition) is 1. The molecule has 0 bridgehead atoms. The molecule has 0 radical (unpaired) electrons. The Bertz CT molecular complexity index is 1240. The smallest absolute Gasteiger partial charge is 0.252 e. The number of nitrogens with one attached hydrogen (secondary N) is 1. The molecule has 3 heterocycles. The van der Waals surface area contributed by atoms with Crippen LogP contribution >= 0.6 is 11.6 Å². The molecule has 0 atom stereocenters. The van der Waals surface area contributed by atoms with E-state index in [2.05, 4.69) is 21.0 Å². The molecule has 0 spiro atoms. The van der Waals surface area contributed by atoms with E-state index < -0.39 is 0 Å². The minimum Gasteiger partial charge on any atom is -0.350 e. The summed E-state index contributed by atoms with van der Waals surface area (Å²) in [5.41, 5.74) is 3.36. The number of amides is 1. The van der Waals surface area contributed by atoms with Gasteiger partial charge in [0.2, 0.25) is 0 Å². The predicted octanol–water partition coefficient (Wildman–Crippen LogP) is 4.89. The molecule has 1 saturated carbocycles. The number of fused-ring (bicyclic) bond motifs is 2. The summed E-state index contributed by atoms with van der Waals surface area (Å²) in [6.07, 6.45) is 8.52. The molecule has 154 valence electrons. The molecule has 1 fully saturated rings. The second-order valence-electron chi connectivity index (χ2n) is 8.04. The topological polar surface area (TPSA) is 64.7 Å². The van der Waals surface area contributed by atoms with Crippen molar-refractivity contribution in [3.8, 4) is 0 Å². The molecule has 3 aromatic heterocycles. The van der Waals surface area contributed by atoms with E-state index >= 15 is 0 Å². The maximum atomic E-state index is 13.0. The van der Waals surface area contributed by atoms with E-state index in [-0.39, 0.29) is 5.91 Å². The molecular weight excluding hydrogens is 398 g/mol. The number of benzene rings is 1. The van der Waals surface area contributed by atoms with Crippen molar-refractivity contribution < 1.29 is 4.79 Å². The van der Waals surface area contributed by atoms with Gasteiger partial charge in [-0.05, 0) is 49.4 Å². The number of nitrogens with zero attached hydrogens (tertiary/aromatic N) is 4. The molecule has 6 nitrogen and oxygen atoms in total. The van der Waals surface area contributed by atoms with Crippen LogP contribution in [0.25, 0.3) is 21.9 Å². The van der Waals surface area contributed by atoms with Crippen molar-refractivity contribution >= 4 is 39.4 Å². The highest BCUT2D eigenvalue weighted by Crippen LogP contribution is 2.32. The number of carbonyl (C=O) groups is 1. The number of carbonyl (C=O) groups excluding carboxylic acids is 1. The van der Waals surface area contributed by atoms with Gasteiger partial charge in [-0.15, -0.1) is 0 Å². The van der Waals surface area contributed by atoms with Crippen molar-refractivity contribution in [1.29, 1.82) is 0 Å². The third-order valence-corrected chi connectivity index (χ3v) is 6.22. The highest BCUT2D eigenvalue weighted by Gasteiger charge is 2.22. The Hall–Kier alpha value is -2.86. The zero-order chi connectivity index (χ0) is 20.7. The van der Waals surface area contributed by atoms with Crippen LogP contribution in [0.3, 0.4) is 0 Å². The lowest BCUT2D eigenvalue weighted by Crippen LogP contribution is -2.27. The van der Waals surface area contributed by atoms with Gasteiger partial charge in [0, 0.05) is 35.5 Å². The highest BCUT2D eigenvalue weighted by molar-refractivity contribution is 6.31. The standard InChI is InChI=1S/C23H24ClN5O/c1-15-12-19(20-14-26-29(22(20)27-15)18-4-2-3-5-18)23(30)25-9-11-28-10-8-16-6-7-17(24)13-21(16)28/h6-8,10,12-14,18H,2-5,9,11H2,1H3,(H,25,30). The maximum Gasteiger partial charge on any atom is 0.252 e. The van der Waals surface area contributed by atoms with Gasteiger partial charge >= 0.3 is 0 Å². The average molecular weight is 422 g/mol. The van der Waals surface area contributed by atoms with Crippen molar-refractivity contribution in [3.05, 3.63) is 59.0 Å². The first kappa shape index (κ1) is 19.1. The lowest BCUT2D eigenvalue weighted by molar-refractivity contribution is 0.0954. The Balaban J connectivity index is 1.35. The summed E-state index contributed by atoms with van der Waals surface area (Å²) in [5, 5.41) is 10.3. The van der Waals surface area contributed by atoms with Gasteiger partial charge < -0.3 is 9.88 Å². The van der Waals surface area contributed by atoms with E-state index in [1.165, 1.54) is 12.8 Å². The van der Waals surface area contributed by atoms with E-state index in [1.807, 2.05) is 42.1 Å². The Labute approximate surface area is 179 Å². The van der Waals surface area contributed by atoms with Gasteiger partial charge in [0.15, 0.2) is 5.65 Å². The second-order valence-corrected chi connectivity index (χ2v) is 8.48. The number of rotatable bonds is 5. The Morgan fingerprint density at radius 2 is 2.07 bits per heavy atom. The molecule has 1 aliphatic rings. The minimum absolute atomic E-state index is 0.0917. The largest absolute Gasteiger partial charge is 0.350 e. The van der Waals surface area contributed by atoms with Crippen LogP contribution in [0, 0.1) is 6.92 Å². The van der Waals surface area contributed by atoms with Gasteiger partial charge in [-0.1, -0.05) is 30.5 Å². The lowest BCUT2D eigenvalue weighted by Gasteiger charge is -2.12. The van der Waals surface area contributed by atoms with Crippen LogP contribution in [0.1, 0.15) is 47.8 Å².